The number of nitrogens with zero attached hydrogens (tertiary/aromatic N) is 2. The van der Waals surface area contributed by atoms with E-state index >= 15 is 0 Å². The number of fused-ring (bicyclic) bond motifs is 9. The molecule has 0 amide bonds. The highest BCUT2D eigenvalue weighted by Gasteiger charge is 2.51. The maximum absolute atomic E-state index is 9.55. The molecule has 0 fully saturated rings. The van der Waals surface area contributed by atoms with Gasteiger partial charge in [-0.1, -0.05) is 66.2 Å². The fourth-order valence-electron chi connectivity index (χ4n) is 5.98. The van der Waals surface area contributed by atoms with Crippen LogP contribution in [0.1, 0.15) is 33.4 Å². The van der Waals surface area contributed by atoms with Crippen LogP contribution in [0.2, 0.25) is 5.02 Å². The molecule has 0 N–H and O–H groups in total. The van der Waals surface area contributed by atoms with E-state index in [2.05, 4.69) is 60.7 Å². The van der Waals surface area contributed by atoms with Crippen molar-refractivity contribution >= 4 is 11.6 Å². The van der Waals surface area contributed by atoms with Crippen LogP contribution in [-0.4, -0.2) is 0 Å². The number of para-hydroxylation sites is 1. The first-order valence-electron chi connectivity index (χ1n) is 11.9. The largest absolute Gasteiger partial charge is 0.457 e. The normalized spacial score (nSPS) is 16.0. The molecule has 0 saturated carbocycles. The Morgan fingerprint density at radius 1 is 0.568 bits per heavy atom. The van der Waals surface area contributed by atoms with E-state index in [0.717, 1.165) is 44.9 Å². The molecule has 3 nitrogen and oxygen atoms in total. The number of rotatable bonds is 1. The minimum atomic E-state index is -0.637. The Morgan fingerprint density at radius 3 is 2.03 bits per heavy atom. The summed E-state index contributed by atoms with van der Waals surface area (Å²) in [5.41, 5.74) is 8.62. The molecule has 4 heteroatoms. The Kier molecular flexibility index (Phi) is 4.54. The van der Waals surface area contributed by atoms with Gasteiger partial charge < -0.3 is 4.74 Å². The lowest BCUT2D eigenvalue weighted by Gasteiger charge is -2.39. The number of hydrogen-bond acceptors (Lipinski definition) is 3. The molecular formula is C33H17ClN2O. The van der Waals surface area contributed by atoms with Crippen LogP contribution in [-0.2, 0) is 5.41 Å². The predicted molar refractivity (Wildman–Crippen MR) is 144 cm³/mol. The van der Waals surface area contributed by atoms with E-state index in [0.29, 0.717) is 16.1 Å². The van der Waals surface area contributed by atoms with Gasteiger partial charge in [-0.2, -0.15) is 10.5 Å². The zero-order chi connectivity index (χ0) is 25.1. The molecule has 37 heavy (non-hydrogen) atoms. The van der Waals surface area contributed by atoms with Gasteiger partial charge in [0.15, 0.2) is 0 Å². The highest BCUT2D eigenvalue weighted by atomic mass is 35.5. The van der Waals surface area contributed by atoms with Gasteiger partial charge in [0.1, 0.15) is 11.5 Å². The number of halogens is 1. The Morgan fingerprint density at radius 2 is 1.24 bits per heavy atom. The van der Waals surface area contributed by atoms with Crippen molar-refractivity contribution in [3.63, 3.8) is 0 Å². The van der Waals surface area contributed by atoms with Crippen molar-refractivity contribution in [1.29, 1.82) is 10.5 Å². The maximum Gasteiger partial charge on any atom is 0.132 e. The molecule has 0 saturated heterocycles. The van der Waals surface area contributed by atoms with Gasteiger partial charge in [-0.05, 0) is 81.9 Å². The van der Waals surface area contributed by atoms with E-state index in [4.69, 9.17) is 16.3 Å². The van der Waals surface area contributed by atoms with Crippen molar-refractivity contribution < 1.29 is 4.74 Å². The second-order valence-corrected chi connectivity index (χ2v) is 9.75. The van der Waals surface area contributed by atoms with E-state index in [9.17, 15) is 10.5 Å². The molecule has 1 atom stereocenters. The molecular weight excluding hydrogens is 476 g/mol. The van der Waals surface area contributed by atoms with Crippen molar-refractivity contribution in [3.8, 4) is 45.9 Å². The van der Waals surface area contributed by atoms with Gasteiger partial charge in [0.2, 0.25) is 0 Å². The molecule has 5 aromatic rings. The third kappa shape index (κ3) is 2.93. The molecule has 5 aromatic carbocycles. The van der Waals surface area contributed by atoms with E-state index < -0.39 is 5.41 Å². The van der Waals surface area contributed by atoms with Crippen LogP contribution in [0.3, 0.4) is 0 Å². The first kappa shape index (κ1) is 21.5. The SMILES string of the molecule is N#Cc1cc(C#N)cc(-c2ccc3c(c2)C2(c4ccccc4O3)c3ccccc3-c3ccc(Cl)cc32)c1. The second kappa shape index (κ2) is 7.84. The van der Waals surface area contributed by atoms with Crippen molar-refractivity contribution in [1.82, 2.24) is 0 Å². The van der Waals surface area contributed by atoms with Gasteiger partial charge in [-0.3, -0.25) is 0 Å². The highest BCUT2D eigenvalue weighted by molar-refractivity contribution is 6.30. The summed E-state index contributed by atoms with van der Waals surface area (Å²) in [7, 11) is 0. The van der Waals surface area contributed by atoms with Gasteiger partial charge in [0, 0.05) is 16.1 Å². The zero-order valence-electron chi connectivity index (χ0n) is 19.5. The van der Waals surface area contributed by atoms with Crippen molar-refractivity contribution in [2.75, 3.05) is 0 Å². The fraction of sp³-hybridized carbons (Fsp3) is 0.0303. The van der Waals surface area contributed by atoms with Crippen LogP contribution in [0.4, 0.5) is 0 Å². The molecule has 0 aromatic heterocycles. The molecule has 2 aliphatic rings. The molecule has 0 bridgehead atoms. The van der Waals surface area contributed by atoms with Crippen LogP contribution in [0.5, 0.6) is 11.5 Å². The van der Waals surface area contributed by atoms with E-state index in [-0.39, 0.29) is 0 Å². The number of nitriles is 2. The quantitative estimate of drug-likeness (QED) is 0.232. The lowest BCUT2D eigenvalue weighted by atomic mass is 9.65. The van der Waals surface area contributed by atoms with Crippen molar-refractivity contribution in [2.45, 2.75) is 5.41 Å². The summed E-state index contributed by atoms with van der Waals surface area (Å²) < 4.78 is 6.47. The summed E-state index contributed by atoms with van der Waals surface area (Å²) in [6.07, 6.45) is 0. The Labute approximate surface area is 219 Å². The summed E-state index contributed by atoms with van der Waals surface area (Å²) in [4.78, 5) is 0. The molecule has 7 rings (SSSR count). The van der Waals surface area contributed by atoms with E-state index in [1.807, 2.05) is 48.5 Å². The van der Waals surface area contributed by atoms with Crippen LogP contribution in [0, 0.1) is 22.7 Å². The lowest BCUT2D eigenvalue weighted by Crippen LogP contribution is -2.32. The first-order chi connectivity index (χ1) is 18.1. The number of benzene rings is 5. The van der Waals surface area contributed by atoms with Crippen LogP contribution < -0.4 is 4.74 Å². The van der Waals surface area contributed by atoms with Gasteiger partial charge in [0.05, 0.1) is 28.7 Å². The average molecular weight is 493 g/mol. The topological polar surface area (TPSA) is 56.8 Å². The monoisotopic (exact) mass is 492 g/mol. The molecule has 1 aliphatic carbocycles. The summed E-state index contributed by atoms with van der Waals surface area (Å²) >= 11 is 6.62. The number of ether oxygens (including phenoxy) is 1. The molecule has 1 spiro atoms. The predicted octanol–water partition coefficient (Wildman–Crippen LogP) is 8.22. The van der Waals surface area contributed by atoms with Gasteiger partial charge in [0.25, 0.3) is 0 Å². The summed E-state index contributed by atoms with van der Waals surface area (Å²) in [5.74, 6) is 1.57. The van der Waals surface area contributed by atoms with Crippen molar-refractivity contribution in [2.24, 2.45) is 0 Å². The van der Waals surface area contributed by atoms with E-state index in [1.165, 1.54) is 11.1 Å². The Hall–Kier alpha value is -4.83. The average Bonchev–Trinajstić information content (AvgIpc) is 3.23. The maximum atomic E-state index is 9.55. The van der Waals surface area contributed by atoms with Crippen LogP contribution in [0.15, 0.2) is 103 Å². The molecule has 1 aliphatic heterocycles. The van der Waals surface area contributed by atoms with Gasteiger partial charge >= 0.3 is 0 Å². The Balaban J connectivity index is 1.60. The zero-order valence-corrected chi connectivity index (χ0v) is 20.3. The third-order valence-corrected chi connectivity index (χ3v) is 7.66. The fourth-order valence-corrected chi connectivity index (χ4v) is 6.15. The highest BCUT2D eigenvalue weighted by Crippen LogP contribution is 2.62. The third-order valence-electron chi connectivity index (χ3n) is 7.43. The second-order valence-electron chi connectivity index (χ2n) is 9.32. The molecule has 172 valence electrons. The first-order valence-corrected chi connectivity index (χ1v) is 12.3. The van der Waals surface area contributed by atoms with Crippen molar-refractivity contribution in [3.05, 3.63) is 142 Å². The Bertz CT molecular complexity index is 1830. The minimum Gasteiger partial charge on any atom is -0.457 e. The minimum absolute atomic E-state index is 0.450. The molecule has 1 heterocycles. The number of hydrogen-bond donors (Lipinski definition) is 0. The van der Waals surface area contributed by atoms with Crippen LogP contribution >= 0.6 is 11.6 Å². The summed E-state index contributed by atoms with van der Waals surface area (Å²) in [6, 6.07) is 38.5. The lowest BCUT2D eigenvalue weighted by molar-refractivity contribution is 0.436. The standard InChI is InChI=1S/C33H17ClN2O/c34-24-10-11-26-25-5-1-2-6-27(25)33(29(26)17-24)28-7-3-4-8-31(28)37-32-12-9-22(16-30(32)33)23-14-20(18-35)13-21(15-23)19-36/h1-17H. The molecule has 0 radical (unpaired) electrons. The summed E-state index contributed by atoms with van der Waals surface area (Å²) in [6.45, 7) is 0. The van der Waals surface area contributed by atoms with Crippen LogP contribution in [0.25, 0.3) is 22.3 Å². The summed E-state index contributed by atoms with van der Waals surface area (Å²) in [5, 5.41) is 19.8. The van der Waals surface area contributed by atoms with E-state index in [1.54, 1.807) is 6.07 Å². The molecule has 1 unspecified atom stereocenters. The van der Waals surface area contributed by atoms with Gasteiger partial charge in [-0.25, -0.2) is 0 Å². The smallest absolute Gasteiger partial charge is 0.132 e. The van der Waals surface area contributed by atoms with Gasteiger partial charge in [-0.15, -0.1) is 0 Å².